The van der Waals surface area contributed by atoms with E-state index >= 15 is 0 Å². The molecule has 26 heavy (non-hydrogen) atoms. The SMILES string of the molecule is O=C(O)Cn1c(=O)n(Cc2ccc(Br)cc2F)c(=O)c2cc(Cl)ccc21. The fraction of sp³-hybridized carbons (Fsp3) is 0.118. The Morgan fingerprint density at radius 2 is 1.88 bits per heavy atom. The first-order valence-corrected chi connectivity index (χ1v) is 8.53. The van der Waals surface area contributed by atoms with Crippen LogP contribution in [0.15, 0.2) is 50.5 Å². The maximum absolute atomic E-state index is 14.1. The van der Waals surface area contributed by atoms with E-state index in [0.29, 0.717) is 4.47 Å². The van der Waals surface area contributed by atoms with Crippen molar-refractivity contribution >= 4 is 44.4 Å². The number of rotatable bonds is 4. The van der Waals surface area contributed by atoms with Crippen LogP contribution in [0.4, 0.5) is 4.39 Å². The average molecular weight is 442 g/mol. The lowest BCUT2D eigenvalue weighted by Crippen LogP contribution is -2.41. The third-order valence-electron chi connectivity index (χ3n) is 3.82. The first-order chi connectivity index (χ1) is 12.3. The summed E-state index contributed by atoms with van der Waals surface area (Å²) in [6.07, 6.45) is 0. The normalized spacial score (nSPS) is 11.0. The van der Waals surface area contributed by atoms with Crippen molar-refractivity contribution in [1.82, 2.24) is 9.13 Å². The second-order valence-corrected chi connectivity index (χ2v) is 6.90. The van der Waals surface area contributed by atoms with E-state index in [9.17, 15) is 18.8 Å². The molecule has 0 aliphatic carbocycles. The molecule has 6 nitrogen and oxygen atoms in total. The van der Waals surface area contributed by atoms with Crippen LogP contribution in [-0.2, 0) is 17.9 Å². The first kappa shape index (κ1) is 18.3. The number of hydrogen-bond donors (Lipinski definition) is 1. The molecular weight excluding hydrogens is 431 g/mol. The highest BCUT2D eigenvalue weighted by Gasteiger charge is 2.17. The highest BCUT2D eigenvalue weighted by molar-refractivity contribution is 9.10. The van der Waals surface area contributed by atoms with Crippen LogP contribution >= 0.6 is 27.5 Å². The molecule has 0 radical (unpaired) electrons. The number of carbonyl (C=O) groups is 1. The Labute approximate surface area is 159 Å². The third kappa shape index (κ3) is 3.42. The van der Waals surface area contributed by atoms with E-state index < -0.39 is 29.6 Å². The molecule has 3 aromatic rings. The van der Waals surface area contributed by atoms with E-state index in [1.54, 1.807) is 6.07 Å². The van der Waals surface area contributed by atoms with E-state index in [-0.39, 0.29) is 28.0 Å². The van der Waals surface area contributed by atoms with Crippen LogP contribution in [0.3, 0.4) is 0 Å². The fourth-order valence-corrected chi connectivity index (χ4v) is 3.15. The van der Waals surface area contributed by atoms with Gasteiger partial charge < -0.3 is 5.11 Å². The zero-order valence-corrected chi connectivity index (χ0v) is 15.4. The molecule has 0 amide bonds. The predicted molar refractivity (Wildman–Crippen MR) is 98.3 cm³/mol. The van der Waals surface area contributed by atoms with E-state index in [1.165, 1.54) is 30.3 Å². The summed E-state index contributed by atoms with van der Waals surface area (Å²) < 4.78 is 16.4. The number of benzene rings is 2. The van der Waals surface area contributed by atoms with Gasteiger partial charge >= 0.3 is 11.7 Å². The molecule has 134 valence electrons. The van der Waals surface area contributed by atoms with Gasteiger partial charge in [0, 0.05) is 15.1 Å². The minimum atomic E-state index is -1.25. The summed E-state index contributed by atoms with van der Waals surface area (Å²) in [5.74, 6) is -1.84. The van der Waals surface area contributed by atoms with Gasteiger partial charge in [-0.05, 0) is 30.3 Å². The zero-order chi connectivity index (χ0) is 19.0. The van der Waals surface area contributed by atoms with Crippen molar-refractivity contribution in [2.45, 2.75) is 13.1 Å². The second kappa shape index (κ2) is 7.05. The van der Waals surface area contributed by atoms with Crippen molar-refractivity contribution in [1.29, 1.82) is 0 Å². The van der Waals surface area contributed by atoms with Gasteiger partial charge in [0.25, 0.3) is 5.56 Å². The highest BCUT2D eigenvalue weighted by atomic mass is 79.9. The van der Waals surface area contributed by atoms with Crippen molar-refractivity contribution in [3.8, 4) is 0 Å². The molecule has 0 aliphatic rings. The summed E-state index contributed by atoms with van der Waals surface area (Å²) in [4.78, 5) is 36.6. The number of carboxylic acid groups (broad SMARTS) is 1. The Kier molecular flexibility index (Phi) is 4.97. The van der Waals surface area contributed by atoms with Crippen LogP contribution in [0.1, 0.15) is 5.56 Å². The zero-order valence-electron chi connectivity index (χ0n) is 13.1. The quantitative estimate of drug-likeness (QED) is 0.675. The first-order valence-electron chi connectivity index (χ1n) is 7.36. The van der Waals surface area contributed by atoms with Crippen LogP contribution in [0, 0.1) is 5.82 Å². The standard InChI is InChI=1S/C17H11BrClFN2O4/c18-10-2-1-9(13(20)5-10)7-22-16(25)12-6-11(19)3-4-14(12)21(17(22)26)8-15(23)24/h1-6H,7-8H2,(H,23,24). The smallest absolute Gasteiger partial charge is 0.332 e. The molecule has 2 aromatic carbocycles. The number of hydrogen-bond acceptors (Lipinski definition) is 3. The van der Waals surface area contributed by atoms with Gasteiger partial charge in [0.1, 0.15) is 12.4 Å². The molecule has 1 N–H and O–H groups in total. The lowest BCUT2D eigenvalue weighted by Gasteiger charge is -2.13. The molecule has 9 heteroatoms. The Hall–Kier alpha value is -2.45. The Morgan fingerprint density at radius 1 is 1.15 bits per heavy atom. The lowest BCUT2D eigenvalue weighted by molar-refractivity contribution is -0.137. The maximum atomic E-state index is 14.1. The van der Waals surface area contributed by atoms with E-state index in [1.807, 2.05) is 0 Å². The van der Waals surface area contributed by atoms with E-state index in [4.69, 9.17) is 16.7 Å². The number of halogens is 3. The van der Waals surface area contributed by atoms with Gasteiger partial charge in [-0.1, -0.05) is 33.6 Å². The number of aromatic nitrogens is 2. The van der Waals surface area contributed by atoms with Crippen molar-refractivity contribution in [3.63, 3.8) is 0 Å². The van der Waals surface area contributed by atoms with Crippen LogP contribution in [0.2, 0.25) is 5.02 Å². The van der Waals surface area contributed by atoms with Gasteiger partial charge in [0.05, 0.1) is 17.4 Å². The van der Waals surface area contributed by atoms with Gasteiger partial charge in [0.15, 0.2) is 0 Å². The van der Waals surface area contributed by atoms with Crippen molar-refractivity contribution in [2.24, 2.45) is 0 Å². The third-order valence-corrected chi connectivity index (χ3v) is 4.55. The summed E-state index contributed by atoms with van der Waals surface area (Å²) in [5.41, 5.74) is -1.24. The molecule has 3 rings (SSSR count). The molecule has 0 saturated carbocycles. The number of fused-ring (bicyclic) bond motifs is 1. The molecule has 0 atom stereocenters. The van der Waals surface area contributed by atoms with E-state index in [0.717, 1.165) is 9.13 Å². The Balaban J connectivity index is 2.29. The van der Waals surface area contributed by atoms with Crippen molar-refractivity contribution < 1.29 is 14.3 Å². The van der Waals surface area contributed by atoms with Gasteiger partial charge in [-0.25, -0.2) is 9.18 Å². The summed E-state index contributed by atoms with van der Waals surface area (Å²) >= 11 is 9.06. The van der Waals surface area contributed by atoms with Crippen LogP contribution in [-0.4, -0.2) is 20.2 Å². The molecule has 0 saturated heterocycles. The number of carboxylic acids is 1. The predicted octanol–water partition coefficient (Wildman–Crippen LogP) is 2.85. The fourth-order valence-electron chi connectivity index (χ4n) is 2.64. The van der Waals surface area contributed by atoms with Gasteiger partial charge in [0.2, 0.25) is 0 Å². The molecule has 0 fully saturated rings. The number of nitrogens with zero attached hydrogens (tertiary/aromatic N) is 2. The molecule has 0 unspecified atom stereocenters. The van der Waals surface area contributed by atoms with Crippen molar-refractivity contribution in [2.75, 3.05) is 0 Å². The summed E-state index contributed by atoms with van der Waals surface area (Å²) in [6, 6.07) is 8.46. The Morgan fingerprint density at radius 3 is 2.54 bits per heavy atom. The average Bonchev–Trinajstić information content (AvgIpc) is 2.57. The van der Waals surface area contributed by atoms with Gasteiger partial charge in [-0.15, -0.1) is 0 Å². The molecule has 0 bridgehead atoms. The second-order valence-electron chi connectivity index (χ2n) is 5.55. The minimum absolute atomic E-state index is 0.0795. The van der Waals surface area contributed by atoms with E-state index in [2.05, 4.69) is 15.9 Å². The highest BCUT2D eigenvalue weighted by Crippen LogP contribution is 2.17. The molecule has 1 heterocycles. The summed E-state index contributed by atoms with van der Waals surface area (Å²) in [6.45, 7) is -0.973. The summed E-state index contributed by atoms with van der Waals surface area (Å²) in [5, 5.41) is 9.43. The molecule has 0 spiro atoms. The molecule has 0 aliphatic heterocycles. The van der Waals surface area contributed by atoms with Crippen LogP contribution in [0.5, 0.6) is 0 Å². The van der Waals surface area contributed by atoms with Crippen molar-refractivity contribution in [3.05, 3.63) is 78.1 Å². The van der Waals surface area contributed by atoms with Gasteiger partial charge in [-0.3, -0.25) is 18.7 Å². The van der Waals surface area contributed by atoms with Crippen LogP contribution < -0.4 is 11.2 Å². The summed E-state index contributed by atoms with van der Waals surface area (Å²) in [7, 11) is 0. The molecule has 1 aromatic heterocycles. The topological polar surface area (TPSA) is 81.3 Å². The Bertz CT molecular complexity index is 1160. The number of aliphatic carboxylic acids is 1. The lowest BCUT2D eigenvalue weighted by atomic mass is 10.2. The molecular formula is C17H11BrClFN2O4. The maximum Gasteiger partial charge on any atom is 0.332 e. The monoisotopic (exact) mass is 440 g/mol. The van der Waals surface area contributed by atoms with Gasteiger partial charge in [-0.2, -0.15) is 0 Å². The minimum Gasteiger partial charge on any atom is -0.480 e. The largest absolute Gasteiger partial charge is 0.480 e. The van der Waals surface area contributed by atoms with Crippen LogP contribution in [0.25, 0.3) is 10.9 Å².